The zero-order chi connectivity index (χ0) is 22.9. The molecule has 32 heavy (non-hydrogen) atoms. The molecule has 0 aromatic heterocycles. The summed E-state index contributed by atoms with van der Waals surface area (Å²) >= 11 is 0. The van der Waals surface area contributed by atoms with Crippen LogP contribution in [-0.4, -0.2) is 67.6 Å². The molecule has 0 spiro atoms. The molecule has 0 bridgehead atoms. The van der Waals surface area contributed by atoms with E-state index in [1.54, 1.807) is 4.90 Å². The van der Waals surface area contributed by atoms with Crippen LogP contribution in [0.3, 0.4) is 0 Å². The fourth-order valence-electron chi connectivity index (χ4n) is 3.91. The summed E-state index contributed by atoms with van der Waals surface area (Å²) in [5.41, 5.74) is 4.32. The van der Waals surface area contributed by atoms with Gasteiger partial charge in [0.2, 0.25) is 5.91 Å². The maximum absolute atomic E-state index is 12.4. The zero-order valence-electron chi connectivity index (χ0n) is 19.3. The molecule has 0 unspecified atom stereocenters. The van der Waals surface area contributed by atoms with Crippen LogP contribution in [0.4, 0.5) is 10.5 Å². The van der Waals surface area contributed by atoms with E-state index in [1.807, 2.05) is 50.2 Å². The molecule has 7 heteroatoms. The van der Waals surface area contributed by atoms with E-state index in [2.05, 4.69) is 28.5 Å². The Balaban J connectivity index is 1.34. The van der Waals surface area contributed by atoms with Crippen molar-refractivity contribution in [2.45, 2.75) is 27.2 Å². The molecule has 2 aromatic rings. The molecule has 0 atom stereocenters. The topological polar surface area (TPSA) is 73.9 Å². The van der Waals surface area contributed by atoms with Crippen LogP contribution < -0.4 is 15.4 Å². The predicted octanol–water partition coefficient (Wildman–Crippen LogP) is 3.21. The minimum absolute atomic E-state index is 0.0210. The summed E-state index contributed by atoms with van der Waals surface area (Å²) in [4.78, 5) is 28.7. The number of nitrogens with zero attached hydrogens (tertiary/aromatic N) is 2. The van der Waals surface area contributed by atoms with Crippen molar-refractivity contribution >= 4 is 17.6 Å². The van der Waals surface area contributed by atoms with E-state index in [9.17, 15) is 9.59 Å². The highest BCUT2D eigenvalue weighted by molar-refractivity contribution is 5.93. The minimum atomic E-state index is -0.0880. The number of hydrogen-bond acceptors (Lipinski definition) is 4. The molecule has 0 saturated carbocycles. The molecule has 1 aliphatic heterocycles. The molecular formula is C25H34N4O3. The number of piperazine rings is 1. The molecule has 0 aliphatic carbocycles. The highest BCUT2D eigenvalue weighted by Gasteiger charge is 2.22. The van der Waals surface area contributed by atoms with Gasteiger partial charge in [-0.25, -0.2) is 4.79 Å². The lowest BCUT2D eigenvalue weighted by Crippen LogP contribution is -2.53. The molecule has 1 heterocycles. The average Bonchev–Trinajstić information content (AvgIpc) is 2.77. The first-order valence-corrected chi connectivity index (χ1v) is 11.3. The number of amides is 3. The molecule has 3 amide bonds. The number of hydrogen-bond donors (Lipinski definition) is 2. The fourth-order valence-corrected chi connectivity index (χ4v) is 3.91. The van der Waals surface area contributed by atoms with Gasteiger partial charge in [0.25, 0.3) is 0 Å². The third kappa shape index (κ3) is 6.99. The number of para-hydroxylation sites is 1. The lowest BCUT2D eigenvalue weighted by Gasteiger charge is -2.34. The van der Waals surface area contributed by atoms with E-state index >= 15 is 0 Å². The smallest absolute Gasteiger partial charge is 0.317 e. The van der Waals surface area contributed by atoms with Gasteiger partial charge in [-0.2, -0.15) is 0 Å². The largest absolute Gasteiger partial charge is 0.492 e. The summed E-state index contributed by atoms with van der Waals surface area (Å²) in [5.74, 6) is 0.803. The predicted molar refractivity (Wildman–Crippen MR) is 127 cm³/mol. The molecule has 1 aliphatic rings. The Morgan fingerprint density at radius 2 is 1.69 bits per heavy atom. The third-order valence-corrected chi connectivity index (χ3v) is 5.54. The van der Waals surface area contributed by atoms with E-state index in [0.29, 0.717) is 45.9 Å². The number of urea groups is 1. The van der Waals surface area contributed by atoms with Gasteiger partial charge >= 0.3 is 6.03 Å². The van der Waals surface area contributed by atoms with Gasteiger partial charge in [0.1, 0.15) is 12.4 Å². The van der Waals surface area contributed by atoms with Gasteiger partial charge < -0.3 is 20.3 Å². The molecular weight excluding hydrogens is 404 g/mol. The van der Waals surface area contributed by atoms with Crippen LogP contribution in [-0.2, 0) is 11.2 Å². The number of carbonyl (C=O) groups is 2. The first-order chi connectivity index (χ1) is 15.4. The summed E-state index contributed by atoms with van der Waals surface area (Å²) in [5, 5.41) is 5.93. The van der Waals surface area contributed by atoms with Gasteiger partial charge in [-0.3, -0.25) is 9.69 Å². The van der Waals surface area contributed by atoms with Crippen LogP contribution in [0.5, 0.6) is 5.75 Å². The Hall–Kier alpha value is -3.06. The van der Waals surface area contributed by atoms with Gasteiger partial charge in [-0.1, -0.05) is 31.2 Å². The summed E-state index contributed by atoms with van der Waals surface area (Å²) in [7, 11) is 0. The lowest BCUT2D eigenvalue weighted by atomic mass is 10.1. The van der Waals surface area contributed by atoms with Crippen molar-refractivity contribution < 1.29 is 14.3 Å². The van der Waals surface area contributed by atoms with Crippen molar-refractivity contribution in [1.29, 1.82) is 0 Å². The molecule has 7 nitrogen and oxygen atoms in total. The second-order valence-electron chi connectivity index (χ2n) is 8.23. The monoisotopic (exact) mass is 438 g/mol. The van der Waals surface area contributed by atoms with Crippen molar-refractivity contribution in [2.75, 3.05) is 51.2 Å². The lowest BCUT2D eigenvalue weighted by molar-refractivity contribution is -0.117. The van der Waals surface area contributed by atoms with Crippen molar-refractivity contribution in [2.24, 2.45) is 0 Å². The van der Waals surface area contributed by atoms with E-state index in [1.165, 1.54) is 0 Å². The quantitative estimate of drug-likeness (QED) is 0.621. The number of nitrogens with one attached hydrogen (secondary N) is 2. The minimum Gasteiger partial charge on any atom is -0.492 e. The van der Waals surface area contributed by atoms with Crippen LogP contribution in [0, 0.1) is 13.8 Å². The highest BCUT2D eigenvalue weighted by Crippen LogP contribution is 2.16. The van der Waals surface area contributed by atoms with E-state index in [4.69, 9.17) is 4.74 Å². The summed E-state index contributed by atoms with van der Waals surface area (Å²) in [6.07, 6.45) is 0.875. The normalized spacial score (nSPS) is 14.2. The molecule has 1 fully saturated rings. The standard InChI is InChI=1S/C25H34N4O3/c1-4-21-7-5-6-8-23(21)27-24(30)18-28-10-12-29(13-11-28)25(31)26-9-14-32-22-16-19(2)15-20(3)17-22/h5-8,15-17H,4,9-14,18H2,1-3H3,(H,26,31)(H,27,30). The number of rotatable bonds is 8. The second kappa shape index (κ2) is 11.5. The summed E-state index contributed by atoms with van der Waals surface area (Å²) < 4.78 is 5.75. The molecule has 3 rings (SSSR count). The highest BCUT2D eigenvalue weighted by atomic mass is 16.5. The number of ether oxygens (including phenoxy) is 1. The second-order valence-corrected chi connectivity index (χ2v) is 8.23. The number of aryl methyl sites for hydroxylation is 3. The van der Waals surface area contributed by atoms with Gasteiger partial charge in [0.15, 0.2) is 0 Å². The third-order valence-electron chi connectivity index (χ3n) is 5.54. The van der Waals surface area contributed by atoms with Crippen molar-refractivity contribution in [3.8, 4) is 5.75 Å². The van der Waals surface area contributed by atoms with E-state index in [0.717, 1.165) is 34.5 Å². The maximum atomic E-state index is 12.4. The Kier molecular flexibility index (Phi) is 8.50. The van der Waals surface area contributed by atoms with Crippen molar-refractivity contribution in [3.63, 3.8) is 0 Å². The van der Waals surface area contributed by atoms with Crippen LogP contribution in [0.1, 0.15) is 23.6 Å². The van der Waals surface area contributed by atoms with Crippen LogP contribution in [0.15, 0.2) is 42.5 Å². The Morgan fingerprint density at radius 1 is 1.00 bits per heavy atom. The molecule has 1 saturated heterocycles. The van der Waals surface area contributed by atoms with Gasteiger partial charge in [-0.15, -0.1) is 0 Å². The first kappa shape index (κ1) is 23.6. The summed E-state index contributed by atoms with van der Waals surface area (Å²) in [6.45, 7) is 9.90. The Morgan fingerprint density at radius 3 is 2.38 bits per heavy atom. The molecule has 2 N–H and O–H groups in total. The zero-order valence-corrected chi connectivity index (χ0v) is 19.3. The Labute approximate surface area is 190 Å². The van der Waals surface area contributed by atoms with Crippen LogP contribution in [0.2, 0.25) is 0 Å². The van der Waals surface area contributed by atoms with Gasteiger partial charge in [0.05, 0.1) is 13.1 Å². The molecule has 2 aromatic carbocycles. The van der Waals surface area contributed by atoms with E-state index < -0.39 is 0 Å². The van der Waals surface area contributed by atoms with Crippen molar-refractivity contribution in [1.82, 2.24) is 15.1 Å². The van der Waals surface area contributed by atoms with E-state index in [-0.39, 0.29) is 11.9 Å². The van der Waals surface area contributed by atoms with Crippen LogP contribution >= 0.6 is 0 Å². The van der Waals surface area contributed by atoms with Gasteiger partial charge in [-0.05, 0) is 55.2 Å². The van der Waals surface area contributed by atoms with Crippen LogP contribution in [0.25, 0.3) is 0 Å². The van der Waals surface area contributed by atoms with Crippen molar-refractivity contribution in [3.05, 3.63) is 59.2 Å². The SMILES string of the molecule is CCc1ccccc1NC(=O)CN1CCN(C(=O)NCCOc2cc(C)cc(C)c2)CC1. The maximum Gasteiger partial charge on any atom is 0.317 e. The van der Waals surface area contributed by atoms with Gasteiger partial charge in [0, 0.05) is 31.9 Å². The molecule has 172 valence electrons. The Bertz CT molecular complexity index is 903. The average molecular weight is 439 g/mol. The fraction of sp³-hybridized carbons (Fsp3) is 0.440. The molecule has 0 radical (unpaired) electrons. The summed E-state index contributed by atoms with van der Waals surface area (Å²) in [6, 6.07) is 13.9. The number of carbonyl (C=O) groups excluding carboxylic acids is 2. The first-order valence-electron chi connectivity index (χ1n) is 11.3. The number of benzene rings is 2. The number of anilines is 1.